The number of esters is 7. The summed E-state index contributed by atoms with van der Waals surface area (Å²) >= 11 is 0. The highest BCUT2D eigenvalue weighted by Gasteiger charge is 2.59. The summed E-state index contributed by atoms with van der Waals surface area (Å²) in [5, 5.41) is 0. The molecule has 0 radical (unpaired) electrons. The molecule has 0 aliphatic carbocycles. The smallest absolute Gasteiger partial charge is 0.459 e. The van der Waals surface area contributed by atoms with Gasteiger partial charge in [0.05, 0.1) is 45.6 Å². The lowest BCUT2D eigenvalue weighted by molar-refractivity contribution is -0.350. The van der Waals surface area contributed by atoms with Crippen molar-refractivity contribution in [2.24, 2.45) is 0 Å². The van der Waals surface area contributed by atoms with Crippen LogP contribution in [-0.2, 0) is 61.0 Å². The van der Waals surface area contributed by atoms with Crippen molar-refractivity contribution in [2.75, 3.05) is 19.8 Å². The van der Waals surface area contributed by atoms with Gasteiger partial charge in [-0.25, -0.2) is 38.1 Å². The van der Waals surface area contributed by atoms with Gasteiger partial charge in [0.1, 0.15) is 31.5 Å². The Morgan fingerprint density at radius 1 is 0.376 bits per heavy atom. The number of carbonyl (C=O) groups is 7. The molecule has 2 heterocycles. The summed E-state index contributed by atoms with van der Waals surface area (Å²) in [6.07, 6.45) is -13.0. The monoisotopic (exact) mass is 1290 g/mol. The van der Waals surface area contributed by atoms with E-state index >= 15 is 0 Å². The summed E-state index contributed by atoms with van der Waals surface area (Å²) in [7, 11) is -5.29. The van der Waals surface area contributed by atoms with Crippen LogP contribution in [0.1, 0.15) is 117 Å². The van der Waals surface area contributed by atoms with E-state index in [-0.39, 0.29) is 45.6 Å². The summed E-state index contributed by atoms with van der Waals surface area (Å²) in [5.74, 6) is -7.15. The second-order valence-electron chi connectivity index (χ2n) is 21.4. The van der Waals surface area contributed by atoms with Gasteiger partial charge in [0.25, 0.3) is 0 Å². The predicted molar refractivity (Wildman–Crippen MR) is 333 cm³/mol. The van der Waals surface area contributed by atoms with Crippen LogP contribution in [0.25, 0.3) is 0 Å². The van der Waals surface area contributed by atoms with E-state index in [0.717, 1.165) is 32.1 Å². The minimum atomic E-state index is -5.29. The van der Waals surface area contributed by atoms with Crippen molar-refractivity contribution in [1.82, 2.24) is 0 Å². The van der Waals surface area contributed by atoms with Crippen LogP contribution in [0.15, 0.2) is 225 Å². The Kier molecular flexibility index (Phi) is 25.0. The molecule has 93 heavy (non-hydrogen) atoms. The average Bonchev–Trinajstić information content (AvgIpc) is 0.771. The lowest BCUT2D eigenvalue weighted by Gasteiger charge is -2.48. The molecule has 0 aromatic heterocycles. The fourth-order valence-electron chi connectivity index (χ4n) is 10.1. The summed E-state index contributed by atoms with van der Waals surface area (Å²) in [5.41, 5.74) is -0.0640. The molecule has 9 rings (SSSR count). The Bertz CT molecular complexity index is 3610. The number of unbranched alkanes of at least 4 members (excludes halogenated alkanes) is 6. The third-order valence-corrected chi connectivity index (χ3v) is 15.8. The molecule has 22 heteroatoms. The van der Waals surface area contributed by atoms with Crippen LogP contribution in [0.2, 0.25) is 0 Å². The van der Waals surface area contributed by atoms with Crippen molar-refractivity contribution < 1.29 is 99.4 Å². The van der Waals surface area contributed by atoms with Crippen molar-refractivity contribution >= 4 is 49.6 Å². The zero-order valence-corrected chi connectivity index (χ0v) is 51.3. The largest absolute Gasteiger partial charge is 0.474 e. The molecule has 0 spiro atoms. The van der Waals surface area contributed by atoms with E-state index in [9.17, 15) is 43.0 Å². The van der Waals surface area contributed by atoms with E-state index in [1.165, 1.54) is 109 Å². The topological polar surface area (TPSA) is 268 Å². The molecule has 7 aromatic carbocycles. The molecule has 1 N–H and O–H groups in total. The summed E-state index contributed by atoms with van der Waals surface area (Å²) in [4.78, 5) is 113. The first-order valence-corrected chi connectivity index (χ1v) is 31.7. The quantitative estimate of drug-likeness (QED) is 0.0144. The van der Waals surface area contributed by atoms with Gasteiger partial charge in [0.2, 0.25) is 6.29 Å². The number of allylic oxidation sites excluding steroid dienone is 1. The van der Waals surface area contributed by atoms with Gasteiger partial charge in [-0.2, -0.15) is 0 Å². The fourth-order valence-corrected chi connectivity index (χ4v) is 11.0. The average molecular weight is 1290 g/mol. The SMILES string of the molecule is C=CCCCCCCCCOP(=O)(O)O[C@H]1O[C@H](COC(=O)c2ccccc2)[C@@H](O[C@@H]2O[C@H](COC(=O)c3ccccc3)[C@H](OC(=O)c3ccccc3)[C@@H](OC(=O)c3ccccc3)[C@H]2OC(=O)c2ccccc2)[C@H](OC(=O)c2ccccc2)[C@@H]1OC(=O)c1ccccc1. The number of carbonyl (C=O) groups excluding carboxylic acids is 7. The Morgan fingerprint density at radius 2 is 0.667 bits per heavy atom. The summed E-state index contributed by atoms with van der Waals surface area (Å²) in [6.45, 7) is 1.79. The highest BCUT2D eigenvalue weighted by molar-refractivity contribution is 7.47. The molecular weight excluding hydrogens is 1220 g/mol. The van der Waals surface area contributed by atoms with Crippen LogP contribution in [0, 0.1) is 0 Å². The predicted octanol–water partition coefficient (Wildman–Crippen LogP) is 11.7. The number of benzene rings is 7. The number of rotatable bonds is 30. The number of hydrogen-bond acceptors (Lipinski definition) is 20. The molecular formula is C71H69O21P. The lowest BCUT2D eigenvalue weighted by Crippen LogP contribution is -2.67. The summed E-state index contributed by atoms with van der Waals surface area (Å²) < 4.78 is 89.2. The van der Waals surface area contributed by atoms with Crippen molar-refractivity contribution in [3.63, 3.8) is 0 Å². The maximum absolute atomic E-state index is 14.8. The van der Waals surface area contributed by atoms with Crippen molar-refractivity contribution in [3.05, 3.63) is 264 Å². The van der Waals surface area contributed by atoms with Gasteiger partial charge in [-0.15, -0.1) is 6.58 Å². The van der Waals surface area contributed by atoms with E-state index in [0.29, 0.717) is 12.8 Å². The minimum absolute atomic E-state index is 0.00776. The van der Waals surface area contributed by atoms with Gasteiger partial charge < -0.3 is 52.3 Å². The molecule has 2 fully saturated rings. The lowest BCUT2D eigenvalue weighted by atomic mass is 9.95. The minimum Gasteiger partial charge on any atom is -0.459 e. The molecule has 21 nitrogen and oxygen atoms in total. The second-order valence-corrected chi connectivity index (χ2v) is 22.8. The van der Waals surface area contributed by atoms with Gasteiger partial charge in [0, 0.05) is 0 Å². The molecule has 2 aliphatic rings. The van der Waals surface area contributed by atoms with E-state index < -0.39 is 124 Å². The third kappa shape index (κ3) is 19.5. The van der Waals surface area contributed by atoms with E-state index in [2.05, 4.69) is 6.58 Å². The van der Waals surface area contributed by atoms with E-state index in [1.807, 2.05) is 6.08 Å². The van der Waals surface area contributed by atoms with E-state index in [4.69, 9.17) is 56.4 Å². The Hall–Kier alpha value is -9.44. The van der Waals surface area contributed by atoms with Crippen LogP contribution >= 0.6 is 7.82 Å². The Balaban J connectivity index is 1.19. The van der Waals surface area contributed by atoms with Crippen molar-refractivity contribution in [3.8, 4) is 0 Å². The number of hydrogen-bond donors (Lipinski definition) is 1. The summed E-state index contributed by atoms with van der Waals surface area (Å²) in [6, 6.07) is 53.4. The van der Waals surface area contributed by atoms with Gasteiger partial charge >= 0.3 is 49.6 Å². The normalized spacial score (nSPS) is 21.5. The number of phosphoric acid groups is 1. The van der Waals surface area contributed by atoms with Gasteiger partial charge in [0.15, 0.2) is 36.8 Å². The molecule has 1 unspecified atom stereocenters. The van der Waals surface area contributed by atoms with Gasteiger partial charge in [-0.3, -0.25) is 9.05 Å². The van der Waals surface area contributed by atoms with Crippen LogP contribution < -0.4 is 0 Å². The van der Waals surface area contributed by atoms with Crippen LogP contribution in [-0.4, -0.2) is 128 Å². The van der Waals surface area contributed by atoms with E-state index in [1.54, 1.807) is 103 Å². The standard InChI is InChI=1S/C71H69O21P/c1-2-3-4-5-6-7-8-30-45-83-93(79,80)92-71-62(90-69(78)54-43-28-15-29-44-54)60(88-67(76)52-39-24-13-25-40-52)58(56(85-71)47-82-64(73)49-33-18-10-19-34-49)91-70-61(89-68(77)53-41-26-14-27-42-53)59(87-66(75)51-37-22-12-23-38-51)57(86-65(74)50-35-20-11-21-36-50)55(84-70)46-81-63(72)48-31-16-9-17-32-48/h2,9-29,31-44,55-62,70-71H,1,3-8,30,45-47H2,(H,79,80)/t55-,56-,57+,58-,59-,60+,61-,62+,70+,71-/m1/s1. The van der Waals surface area contributed by atoms with Crippen molar-refractivity contribution in [2.45, 2.75) is 106 Å². The maximum Gasteiger partial charge on any atom is 0.474 e. The Labute approximate surface area is 536 Å². The molecule has 2 aliphatic heterocycles. The Morgan fingerprint density at radius 3 is 1.04 bits per heavy atom. The molecule has 0 amide bonds. The molecule has 0 saturated carbocycles. The van der Waals surface area contributed by atoms with Crippen LogP contribution in [0.4, 0.5) is 0 Å². The van der Waals surface area contributed by atoms with Gasteiger partial charge in [-0.05, 0) is 104 Å². The highest BCUT2D eigenvalue weighted by Crippen LogP contribution is 2.48. The van der Waals surface area contributed by atoms with Crippen LogP contribution in [0.3, 0.4) is 0 Å². The van der Waals surface area contributed by atoms with Gasteiger partial charge in [-0.1, -0.05) is 159 Å². The molecule has 2 saturated heterocycles. The molecule has 11 atom stereocenters. The maximum atomic E-state index is 14.8. The highest BCUT2D eigenvalue weighted by atomic mass is 31.2. The number of phosphoric ester groups is 1. The zero-order chi connectivity index (χ0) is 65.4. The first kappa shape index (κ1) is 67.9. The first-order chi connectivity index (χ1) is 45.2. The molecule has 0 bridgehead atoms. The molecule has 484 valence electrons. The zero-order valence-electron chi connectivity index (χ0n) is 50.4. The molecule has 7 aromatic rings. The van der Waals surface area contributed by atoms with Crippen LogP contribution in [0.5, 0.6) is 0 Å². The third-order valence-electron chi connectivity index (χ3n) is 14.8. The van der Waals surface area contributed by atoms with Crippen molar-refractivity contribution in [1.29, 1.82) is 0 Å². The number of ether oxygens (including phenoxy) is 10. The fraction of sp³-hybridized carbons (Fsp3) is 0.282. The second kappa shape index (κ2) is 34.3. The first-order valence-electron chi connectivity index (χ1n) is 30.2.